The molecule has 3 aromatic carbocycles. The molecule has 0 fully saturated rings. The summed E-state index contributed by atoms with van der Waals surface area (Å²) in [5.74, 6) is 1.25. The Balaban J connectivity index is 1.98. The van der Waals surface area contributed by atoms with Crippen molar-refractivity contribution < 1.29 is 14.4 Å². The number of fused-ring (bicyclic) bond motifs is 4. The second kappa shape index (κ2) is 5.34. The molecule has 0 amide bonds. The molecule has 24 heavy (non-hydrogen) atoms. The molecule has 0 unspecified atom stereocenters. The van der Waals surface area contributed by atoms with Crippen molar-refractivity contribution in [1.29, 1.82) is 0 Å². The molecule has 0 radical (unpaired) electrons. The van der Waals surface area contributed by atoms with Crippen LogP contribution in [0.3, 0.4) is 0 Å². The number of ether oxygens (including phenoxy) is 2. The maximum atomic E-state index is 11.4. The van der Waals surface area contributed by atoms with E-state index in [2.05, 4.69) is 4.99 Å². The summed E-state index contributed by atoms with van der Waals surface area (Å²) in [6.45, 7) is 0. The van der Waals surface area contributed by atoms with Crippen molar-refractivity contribution in [3.63, 3.8) is 0 Å². The zero-order chi connectivity index (χ0) is 16.7. The topological polar surface area (TPSA) is 74.0 Å². The third-order valence-electron chi connectivity index (χ3n) is 3.93. The van der Waals surface area contributed by atoms with Gasteiger partial charge in [0, 0.05) is 17.7 Å². The lowest BCUT2D eigenvalue weighted by molar-refractivity contribution is -0.385. The van der Waals surface area contributed by atoms with Gasteiger partial charge >= 0.3 is 0 Å². The third kappa shape index (κ3) is 2.16. The Labute approximate surface area is 137 Å². The summed E-state index contributed by atoms with van der Waals surface area (Å²) < 4.78 is 11.1. The van der Waals surface area contributed by atoms with Crippen molar-refractivity contribution in [1.82, 2.24) is 0 Å². The Morgan fingerprint density at radius 1 is 1.12 bits per heavy atom. The molecule has 1 heterocycles. The molecular weight excluding hydrogens is 308 g/mol. The van der Waals surface area contributed by atoms with E-state index in [-0.39, 0.29) is 5.69 Å². The summed E-state index contributed by atoms with van der Waals surface area (Å²) in [5, 5.41) is 13.3. The Kier molecular flexibility index (Phi) is 3.16. The first kappa shape index (κ1) is 14.2. The van der Waals surface area contributed by atoms with Gasteiger partial charge in [-0.05, 0) is 11.5 Å². The summed E-state index contributed by atoms with van der Waals surface area (Å²) in [4.78, 5) is 15.4. The molecule has 0 bridgehead atoms. The van der Waals surface area contributed by atoms with Crippen LogP contribution in [0.1, 0.15) is 5.56 Å². The molecule has 0 spiro atoms. The Bertz CT molecular complexity index is 1010. The Hall–Kier alpha value is -3.41. The number of hydrogen-bond acceptors (Lipinski definition) is 5. The molecule has 118 valence electrons. The first-order chi connectivity index (χ1) is 11.7. The number of rotatable bonds is 2. The second-order valence-corrected chi connectivity index (χ2v) is 5.31. The van der Waals surface area contributed by atoms with Gasteiger partial charge in [-0.15, -0.1) is 0 Å². The van der Waals surface area contributed by atoms with E-state index in [1.165, 1.54) is 19.4 Å². The normalized spacial score (nSPS) is 12.0. The van der Waals surface area contributed by atoms with Gasteiger partial charge in [0.2, 0.25) is 0 Å². The van der Waals surface area contributed by atoms with E-state index in [4.69, 9.17) is 9.47 Å². The van der Waals surface area contributed by atoms with Crippen LogP contribution in [0.15, 0.2) is 53.5 Å². The molecule has 0 aromatic heterocycles. The largest absolute Gasteiger partial charge is 0.496 e. The molecule has 3 aromatic rings. The molecule has 0 saturated heterocycles. The molecule has 0 N–H and O–H groups in total. The monoisotopic (exact) mass is 320 g/mol. The average molecular weight is 320 g/mol. The molecule has 4 rings (SSSR count). The summed E-state index contributed by atoms with van der Waals surface area (Å²) in [6, 6.07) is 14.5. The average Bonchev–Trinajstić information content (AvgIpc) is 2.79. The summed E-state index contributed by atoms with van der Waals surface area (Å²) >= 11 is 0. The first-order valence-corrected chi connectivity index (χ1v) is 7.27. The van der Waals surface area contributed by atoms with Crippen LogP contribution >= 0.6 is 0 Å². The molecule has 0 atom stereocenters. The van der Waals surface area contributed by atoms with Crippen LogP contribution in [0, 0.1) is 10.1 Å². The fourth-order valence-electron chi connectivity index (χ4n) is 2.77. The third-order valence-corrected chi connectivity index (χ3v) is 3.93. The van der Waals surface area contributed by atoms with Gasteiger partial charge < -0.3 is 9.47 Å². The van der Waals surface area contributed by atoms with Crippen LogP contribution in [0.25, 0.3) is 10.8 Å². The highest BCUT2D eigenvalue weighted by Crippen LogP contribution is 2.44. The maximum Gasteiger partial charge on any atom is 0.285 e. The molecule has 6 nitrogen and oxygen atoms in total. The number of nitrogens with zero attached hydrogens (tertiary/aromatic N) is 2. The Morgan fingerprint density at radius 2 is 1.96 bits per heavy atom. The lowest BCUT2D eigenvalue weighted by Crippen LogP contribution is -1.98. The van der Waals surface area contributed by atoms with Gasteiger partial charge in [-0.3, -0.25) is 15.1 Å². The van der Waals surface area contributed by atoms with Crippen molar-refractivity contribution >= 4 is 28.4 Å². The molecule has 6 heteroatoms. The quantitative estimate of drug-likeness (QED) is 0.399. The van der Waals surface area contributed by atoms with Gasteiger partial charge in [0.15, 0.2) is 5.75 Å². The fourth-order valence-corrected chi connectivity index (χ4v) is 2.77. The molecular formula is C18H12N2O4. The molecule has 1 aliphatic rings. The van der Waals surface area contributed by atoms with Crippen molar-refractivity contribution in [2.75, 3.05) is 7.11 Å². The zero-order valence-corrected chi connectivity index (χ0v) is 12.7. The van der Waals surface area contributed by atoms with E-state index in [0.29, 0.717) is 28.5 Å². The number of methoxy groups -OCH3 is 1. The van der Waals surface area contributed by atoms with Gasteiger partial charge in [-0.2, -0.15) is 0 Å². The SMILES string of the molecule is COc1cc2c(c([N+](=O)[O-])c1)C=Nc1c(ccc3ccccc13)O2. The van der Waals surface area contributed by atoms with Crippen molar-refractivity contribution in [3.8, 4) is 17.2 Å². The fraction of sp³-hybridized carbons (Fsp3) is 0.0556. The van der Waals surface area contributed by atoms with Crippen molar-refractivity contribution in [2.24, 2.45) is 4.99 Å². The summed E-state index contributed by atoms with van der Waals surface area (Å²) in [5.41, 5.74) is 0.865. The van der Waals surface area contributed by atoms with Gasteiger partial charge in [-0.1, -0.05) is 30.3 Å². The predicted octanol–water partition coefficient (Wildman–Crippen LogP) is 4.61. The van der Waals surface area contributed by atoms with Crippen molar-refractivity contribution in [2.45, 2.75) is 0 Å². The van der Waals surface area contributed by atoms with E-state index in [1.807, 2.05) is 36.4 Å². The van der Waals surface area contributed by atoms with Crippen LogP contribution in [0.5, 0.6) is 17.2 Å². The van der Waals surface area contributed by atoms with Gasteiger partial charge in [0.1, 0.15) is 22.7 Å². The van der Waals surface area contributed by atoms with Gasteiger partial charge in [0.25, 0.3) is 5.69 Å². The van der Waals surface area contributed by atoms with E-state index in [9.17, 15) is 10.1 Å². The van der Waals surface area contributed by atoms with Crippen LogP contribution < -0.4 is 9.47 Å². The number of benzene rings is 3. The smallest absolute Gasteiger partial charge is 0.285 e. The summed E-state index contributed by atoms with van der Waals surface area (Å²) in [7, 11) is 1.46. The molecule has 1 aliphatic heterocycles. The highest BCUT2D eigenvalue weighted by molar-refractivity contribution is 6.01. The molecule has 0 saturated carbocycles. The van der Waals surface area contributed by atoms with Gasteiger partial charge in [-0.25, -0.2) is 0 Å². The summed E-state index contributed by atoms with van der Waals surface area (Å²) in [6.07, 6.45) is 1.48. The number of aliphatic imine (C=N–C) groups is 1. The minimum absolute atomic E-state index is 0.106. The maximum absolute atomic E-state index is 11.4. The first-order valence-electron chi connectivity index (χ1n) is 7.27. The highest BCUT2D eigenvalue weighted by Gasteiger charge is 2.23. The molecule has 0 aliphatic carbocycles. The lowest BCUT2D eigenvalue weighted by atomic mass is 10.1. The number of nitro groups is 1. The van der Waals surface area contributed by atoms with E-state index in [1.54, 1.807) is 6.07 Å². The Morgan fingerprint density at radius 3 is 2.75 bits per heavy atom. The van der Waals surface area contributed by atoms with E-state index in [0.717, 1.165) is 10.8 Å². The van der Waals surface area contributed by atoms with Gasteiger partial charge in [0.05, 0.1) is 18.1 Å². The van der Waals surface area contributed by atoms with Crippen molar-refractivity contribution in [3.05, 3.63) is 64.2 Å². The minimum Gasteiger partial charge on any atom is -0.496 e. The van der Waals surface area contributed by atoms with E-state index < -0.39 is 4.92 Å². The standard InChI is InChI=1S/C18H12N2O4/c1-23-12-8-15(20(21)22)14-10-19-18-13-5-3-2-4-11(13)6-7-16(18)24-17(14)9-12/h2-10H,1H3. The lowest BCUT2D eigenvalue weighted by Gasteiger charge is -2.11. The van der Waals surface area contributed by atoms with Crippen LogP contribution in [0.2, 0.25) is 0 Å². The van der Waals surface area contributed by atoms with Crippen LogP contribution in [0.4, 0.5) is 11.4 Å². The van der Waals surface area contributed by atoms with Crippen LogP contribution in [-0.2, 0) is 0 Å². The minimum atomic E-state index is -0.467. The number of nitro benzene ring substituents is 1. The van der Waals surface area contributed by atoms with E-state index >= 15 is 0 Å². The van der Waals surface area contributed by atoms with Crippen LogP contribution in [-0.4, -0.2) is 18.2 Å². The second-order valence-electron chi connectivity index (χ2n) is 5.31. The zero-order valence-electron chi connectivity index (χ0n) is 12.7. The number of hydrogen-bond donors (Lipinski definition) is 0. The predicted molar refractivity (Wildman–Crippen MR) is 90.9 cm³/mol. The highest BCUT2D eigenvalue weighted by atomic mass is 16.6.